The fourth-order valence-electron chi connectivity index (χ4n) is 2.39. The van der Waals surface area contributed by atoms with Crippen LogP contribution in [0.25, 0.3) is 6.08 Å². The van der Waals surface area contributed by atoms with E-state index in [4.69, 9.17) is 14.0 Å². The third kappa shape index (κ3) is 4.44. The molecule has 1 aromatic rings. The van der Waals surface area contributed by atoms with Crippen LogP contribution in [0.2, 0.25) is 0 Å². The number of aliphatic hydroxyl groups is 2. The number of aliphatic hydroxyl groups excluding tert-OH is 2. The van der Waals surface area contributed by atoms with Crippen molar-refractivity contribution < 1.29 is 37.5 Å². The maximum Gasteiger partial charge on any atom is 0.330 e. The van der Waals surface area contributed by atoms with Crippen LogP contribution in [0.4, 0.5) is 0 Å². The molecule has 0 saturated carbocycles. The van der Waals surface area contributed by atoms with Crippen molar-refractivity contribution in [1.82, 2.24) is 9.55 Å². The summed E-state index contributed by atoms with van der Waals surface area (Å²) in [7, 11) is -4.00. The van der Waals surface area contributed by atoms with Crippen molar-refractivity contribution in [3.8, 4) is 0 Å². The molecule has 4 N–H and O–H groups in total. The zero-order valence-corrected chi connectivity index (χ0v) is 14.1. The van der Waals surface area contributed by atoms with Gasteiger partial charge in [-0.3, -0.25) is 18.5 Å². The molecular formula is C13H16N2O10S. The lowest BCUT2D eigenvalue weighted by Gasteiger charge is -2.19. The predicted molar refractivity (Wildman–Crippen MR) is 84.7 cm³/mol. The molecule has 144 valence electrons. The van der Waals surface area contributed by atoms with Crippen LogP contribution in [0.15, 0.2) is 21.9 Å². The molecule has 26 heavy (non-hydrogen) atoms. The molecule has 1 aromatic heterocycles. The minimum atomic E-state index is -4.00. The Morgan fingerprint density at radius 3 is 2.65 bits per heavy atom. The number of nitrogens with one attached hydrogen (secondary N) is 1. The summed E-state index contributed by atoms with van der Waals surface area (Å²) in [5.74, 6) is -1.33. The summed E-state index contributed by atoms with van der Waals surface area (Å²) in [6.07, 6.45) is -2.65. The van der Waals surface area contributed by atoms with Crippen molar-refractivity contribution in [3.63, 3.8) is 0 Å². The summed E-state index contributed by atoms with van der Waals surface area (Å²) in [5.41, 5.74) is -2.10. The van der Waals surface area contributed by atoms with Crippen molar-refractivity contribution in [2.75, 3.05) is 12.9 Å². The molecule has 0 unspecified atom stereocenters. The predicted octanol–water partition coefficient (Wildman–Crippen LogP) is -2.77. The molecule has 0 radical (unpaired) electrons. The van der Waals surface area contributed by atoms with Crippen molar-refractivity contribution in [3.05, 3.63) is 38.7 Å². The van der Waals surface area contributed by atoms with Crippen LogP contribution in [0, 0.1) is 0 Å². The quantitative estimate of drug-likeness (QED) is 0.292. The fourth-order valence-corrected chi connectivity index (χ4v) is 3.03. The Morgan fingerprint density at radius 2 is 2.12 bits per heavy atom. The minimum absolute atomic E-state index is 0.226. The standard InChI is InChI=1S/C13H16N2O10S/c1-26(22,23)25-10-7(5-16)24-12(9(10)19)15-4-6(2-3-8(17)18)11(20)14-13(15)21/h2-4,7,9-10,12,16,19H,5H2,1H3,(H,17,18)(H,14,20,21)/t7-,9-,10+,12-/m1/s1. The highest BCUT2D eigenvalue weighted by atomic mass is 32.2. The number of rotatable bonds is 6. The van der Waals surface area contributed by atoms with E-state index in [0.29, 0.717) is 6.08 Å². The van der Waals surface area contributed by atoms with Gasteiger partial charge >= 0.3 is 11.7 Å². The average Bonchev–Trinajstić information content (AvgIpc) is 2.81. The van der Waals surface area contributed by atoms with Gasteiger partial charge in [-0.05, 0) is 6.08 Å². The monoisotopic (exact) mass is 392 g/mol. The number of hydrogen-bond acceptors (Lipinski definition) is 9. The molecule has 1 saturated heterocycles. The zero-order valence-electron chi connectivity index (χ0n) is 13.3. The first-order valence-corrected chi connectivity index (χ1v) is 8.94. The van der Waals surface area contributed by atoms with E-state index in [2.05, 4.69) is 0 Å². The van der Waals surface area contributed by atoms with Gasteiger partial charge in [-0.1, -0.05) is 0 Å². The van der Waals surface area contributed by atoms with Gasteiger partial charge in [0.25, 0.3) is 15.7 Å². The number of aromatic nitrogens is 2. The summed E-state index contributed by atoms with van der Waals surface area (Å²) in [6, 6.07) is 0. The molecule has 0 aliphatic carbocycles. The Bertz CT molecular complexity index is 931. The van der Waals surface area contributed by atoms with Gasteiger partial charge < -0.3 is 20.1 Å². The summed E-state index contributed by atoms with van der Waals surface area (Å²) in [5, 5.41) is 28.2. The lowest BCUT2D eigenvalue weighted by molar-refractivity contribution is -0.131. The fraction of sp³-hybridized carbons (Fsp3) is 0.462. The molecule has 1 aliphatic heterocycles. The highest BCUT2D eigenvalue weighted by molar-refractivity contribution is 7.86. The maximum absolute atomic E-state index is 12.0. The molecule has 1 fully saturated rings. The summed E-state index contributed by atoms with van der Waals surface area (Å²) in [6.45, 7) is -0.711. The van der Waals surface area contributed by atoms with E-state index in [-0.39, 0.29) is 5.56 Å². The van der Waals surface area contributed by atoms with E-state index in [9.17, 15) is 33.0 Å². The van der Waals surface area contributed by atoms with E-state index in [1.807, 2.05) is 4.98 Å². The molecular weight excluding hydrogens is 376 g/mol. The molecule has 0 bridgehead atoms. The number of carbonyl (C=O) groups is 1. The third-order valence-corrected chi connectivity index (χ3v) is 4.02. The molecule has 4 atom stereocenters. The molecule has 2 rings (SSSR count). The van der Waals surface area contributed by atoms with Gasteiger partial charge in [0.15, 0.2) is 6.23 Å². The van der Waals surface area contributed by atoms with Crippen LogP contribution in [0.1, 0.15) is 11.8 Å². The number of aliphatic carboxylic acids is 1. The Labute approximate surface area is 146 Å². The van der Waals surface area contributed by atoms with Gasteiger partial charge in [0, 0.05) is 12.3 Å². The second-order valence-corrected chi connectivity index (χ2v) is 7.03. The molecule has 1 aliphatic rings. The van der Waals surface area contributed by atoms with Gasteiger partial charge in [0.05, 0.1) is 18.4 Å². The van der Waals surface area contributed by atoms with E-state index >= 15 is 0 Å². The molecule has 13 heteroatoms. The topological polar surface area (TPSA) is 185 Å². The van der Waals surface area contributed by atoms with Crippen molar-refractivity contribution in [1.29, 1.82) is 0 Å². The normalized spacial score (nSPS) is 26.4. The van der Waals surface area contributed by atoms with Gasteiger partial charge in [-0.15, -0.1) is 0 Å². The van der Waals surface area contributed by atoms with Gasteiger partial charge in [-0.25, -0.2) is 9.59 Å². The Kier molecular flexibility index (Phi) is 5.77. The SMILES string of the molecule is CS(=O)(=O)O[C@@H]1[C@@H](O)[C@H](n2cc(C=CC(=O)O)c(=O)[nH]c2=O)O[C@@H]1CO. The summed E-state index contributed by atoms with van der Waals surface area (Å²) >= 11 is 0. The third-order valence-electron chi connectivity index (χ3n) is 3.45. The molecule has 0 amide bonds. The van der Waals surface area contributed by atoms with E-state index in [1.165, 1.54) is 0 Å². The molecule has 12 nitrogen and oxygen atoms in total. The van der Waals surface area contributed by atoms with E-state index in [1.54, 1.807) is 0 Å². The highest BCUT2D eigenvalue weighted by Gasteiger charge is 2.47. The lowest BCUT2D eigenvalue weighted by Crippen LogP contribution is -2.40. The van der Waals surface area contributed by atoms with Crippen LogP contribution < -0.4 is 11.2 Å². The minimum Gasteiger partial charge on any atom is -0.478 e. The molecule has 0 aromatic carbocycles. The largest absolute Gasteiger partial charge is 0.478 e. The van der Waals surface area contributed by atoms with Crippen LogP contribution in [-0.4, -0.2) is 70.4 Å². The number of H-pyrrole nitrogens is 1. The number of hydrogen-bond donors (Lipinski definition) is 4. The average molecular weight is 392 g/mol. The van der Waals surface area contributed by atoms with Crippen LogP contribution in [0.3, 0.4) is 0 Å². The van der Waals surface area contributed by atoms with Gasteiger partial charge in [-0.2, -0.15) is 8.42 Å². The van der Waals surface area contributed by atoms with Gasteiger partial charge in [0.2, 0.25) is 0 Å². The zero-order chi connectivity index (χ0) is 19.6. The number of carboxylic acid groups (broad SMARTS) is 1. The first kappa shape index (κ1) is 20.0. The molecule has 0 spiro atoms. The number of aromatic amines is 1. The van der Waals surface area contributed by atoms with E-state index in [0.717, 1.165) is 23.1 Å². The van der Waals surface area contributed by atoms with Crippen LogP contribution in [-0.2, 0) is 23.8 Å². The summed E-state index contributed by atoms with van der Waals surface area (Å²) < 4.78 is 33.3. The Balaban J connectivity index is 2.44. The number of carboxylic acids is 1. The Morgan fingerprint density at radius 1 is 1.46 bits per heavy atom. The number of nitrogens with zero attached hydrogens (tertiary/aromatic N) is 1. The van der Waals surface area contributed by atoms with E-state index < -0.39 is 58.5 Å². The molecule has 2 heterocycles. The first-order valence-electron chi connectivity index (χ1n) is 7.12. The highest BCUT2D eigenvalue weighted by Crippen LogP contribution is 2.31. The van der Waals surface area contributed by atoms with Crippen molar-refractivity contribution >= 4 is 22.2 Å². The Hall–Kier alpha value is -2.32. The van der Waals surface area contributed by atoms with Gasteiger partial charge in [0.1, 0.15) is 18.3 Å². The van der Waals surface area contributed by atoms with Crippen LogP contribution >= 0.6 is 0 Å². The lowest BCUT2D eigenvalue weighted by atomic mass is 10.1. The second-order valence-electron chi connectivity index (χ2n) is 5.43. The first-order chi connectivity index (χ1) is 12.0. The maximum atomic E-state index is 12.0. The van der Waals surface area contributed by atoms with Crippen molar-refractivity contribution in [2.45, 2.75) is 24.5 Å². The van der Waals surface area contributed by atoms with Crippen molar-refractivity contribution in [2.24, 2.45) is 0 Å². The number of ether oxygens (including phenoxy) is 1. The second kappa shape index (κ2) is 7.51. The summed E-state index contributed by atoms with van der Waals surface area (Å²) in [4.78, 5) is 36.2. The smallest absolute Gasteiger partial charge is 0.330 e. The van der Waals surface area contributed by atoms with Crippen LogP contribution in [0.5, 0.6) is 0 Å².